The molecule has 0 N–H and O–H groups in total. The van der Waals surface area contributed by atoms with Crippen LogP contribution in [0.3, 0.4) is 0 Å². The first-order valence-electron chi connectivity index (χ1n) is 8.09. The Morgan fingerprint density at radius 2 is 1.04 bits per heavy atom. The van der Waals surface area contributed by atoms with Gasteiger partial charge in [-0.15, -0.1) is 0 Å². The van der Waals surface area contributed by atoms with Crippen LogP contribution in [0.15, 0.2) is 85.2 Å². The summed E-state index contributed by atoms with van der Waals surface area (Å²) in [5.41, 5.74) is 2.46. The predicted octanol–water partition coefficient (Wildman–Crippen LogP) is 4.27. The molecule has 0 amide bonds. The molecule has 0 spiro atoms. The lowest BCUT2D eigenvalue weighted by Gasteiger charge is -1.99. The number of aromatic nitrogens is 2. The summed E-state index contributed by atoms with van der Waals surface area (Å²) in [6, 6.07) is 17.6. The molecule has 0 unspecified atom stereocenters. The number of carbonyl (C=O) groups is 2. The van der Waals surface area contributed by atoms with Gasteiger partial charge in [0.1, 0.15) is 0 Å². The van der Waals surface area contributed by atoms with Crippen molar-refractivity contribution in [1.29, 1.82) is 0 Å². The summed E-state index contributed by atoms with van der Waals surface area (Å²) < 4.78 is 0. The van der Waals surface area contributed by atoms with Crippen molar-refractivity contribution >= 4 is 23.7 Å². The van der Waals surface area contributed by atoms with E-state index in [-0.39, 0.29) is 11.6 Å². The van der Waals surface area contributed by atoms with Crippen LogP contribution in [-0.2, 0) is 0 Å². The molecule has 0 aliphatic heterocycles. The Bertz CT molecular complexity index is 864. The standard InChI is InChI=1S/C22H16N2O2/c25-21(13-11-19-5-1-3-15-23-19)17-7-9-18(10-8-17)22(26)14-12-20-6-2-4-16-24-20/h1-16H. The average Bonchev–Trinajstić information content (AvgIpc) is 2.72. The average molecular weight is 340 g/mol. The van der Waals surface area contributed by atoms with Crippen LogP contribution in [0, 0.1) is 0 Å². The van der Waals surface area contributed by atoms with Gasteiger partial charge in [0, 0.05) is 23.5 Å². The Morgan fingerprint density at radius 3 is 1.38 bits per heavy atom. The molecule has 126 valence electrons. The van der Waals surface area contributed by atoms with Gasteiger partial charge in [-0.25, -0.2) is 0 Å². The van der Waals surface area contributed by atoms with Crippen molar-refractivity contribution in [1.82, 2.24) is 9.97 Å². The molecule has 0 bridgehead atoms. The highest BCUT2D eigenvalue weighted by Crippen LogP contribution is 2.09. The Balaban J connectivity index is 1.66. The van der Waals surface area contributed by atoms with E-state index in [1.54, 1.807) is 48.8 Å². The smallest absolute Gasteiger partial charge is 0.185 e. The first-order valence-corrected chi connectivity index (χ1v) is 8.09. The Kier molecular flexibility index (Phi) is 5.58. The zero-order valence-corrected chi connectivity index (χ0v) is 13.9. The molecule has 0 saturated carbocycles. The quantitative estimate of drug-likeness (QED) is 0.497. The third-order valence-corrected chi connectivity index (χ3v) is 3.64. The number of nitrogens with zero attached hydrogens (tertiary/aromatic N) is 2. The zero-order chi connectivity index (χ0) is 18.2. The van der Waals surface area contributed by atoms with Gasteiger partial charge in [-0.05, 0) is 48.6 Å². The molecular formula is C22H16N2O2. The molecule has 4 heteroatoms. The number of ketones is 2. The molecule has 4 nitrogen and oxygen atoms in total. The number of allylic oxidation sites excluding steroid dienone is 2. The number of carbonyl (C=O) groups excluding carboxylic acids is 2. The van der Waals surface area contributed by atoms with Crippen molar-refractivity contribution in [3.8, 4) is 0 Å². The van der Waals surface area contributed by atoms with Gasteiger partial charge in [0.15, 0.2) is 11.6 Å². The largest absolute Gasteiger partial charge is 0.289 e. The van der Waals surface area contributed by atoms with Crippen LogP contribution >= 0.6 is 0 Å². The maximum absolute atomic E-state index is 12.2. The fraction of sp³-hybridized carbons (Fsp3) is 0. The fourth-order valence-corrected chi connectivity index (χ4v) is 2.26. The van der Waals surface area contributed by atoms with Crippen LogP contribution in [-0.4, -0.2) is 21.5 Å². The molecule has 2 heterocycles. The van der Waals surface area contributed by atoms with Gasteiger partial charge in [-0.2, -0.15) is 0 Å². The molecule has 2 aromatic heterocycles. The van der Waals surface area contributed by atoms with E-state index in [1.165, 1.54) is 12.2 Å². The minimum Gasteiger partial charge on any atom is -0.289 e. The van der Waals surface area contributed by atoms with Gasteiger partial charge in [-0.1, -0.05) is 36.4 Å². The second-order valence-electron chi connectivity index (χ2n) is 5.48. The molecule has 0 fully saturated rings. The van der Waals surface area contributed by atoms with Crippen LogP contribution in [0.5, 0.6) is 0 Å². The predicted molar refractivity (Wildman–Crippen MR) is 102 cm³/mol. The number of pyridine rings is 2. The van der Waals surface area contributed by atoms with Crippen LogP contribution in [0.25, 0.3) is 12.2 Å². The minimum atomic E-state index is -0.140. The SMILES string of the molecule is O=C(C=Cc1ccccn1)c1ccc(C(=O)C=Cc2ccccn2)cc1. The molecule has 0 aliphatic carbocycles. The molecule has 0 saturated heterocycles. The highest BCUT2D eigenvalue weighted by Gasteiger charge is 2.05. The second-order valence-corrected chi connectivity index (χ2v) is 5.48. The summed E-state index contributed by atoms with van der Waals surface area (Å²) in [7, 11) is 0. The Labute approximate surface area is 151 Å². The third kappa shape index (κ3) is 4.68. The first-order chi connectivity index (χ1) is 12.7. The molecule has 3 rings (SSSR count). The lowest BCUT2D eigenvalue weighted by molar-refractivity contribution is 0.103. The maximum Gasteiger partial charge on any atom is 0.185 e. The van der Waals surface area contributed by atoms with E-state index < -0.39 is 0 Å². The fourth-order valence-electron chi connectivity index (χ4n) is 2.26. The molecule has 3 aromatic rings. The van der Waals surface area contributed by atoms with Crippen molar-refractivity contribution in [3.63, 3.8) is 0 Å². The topological polar surface area (TPSA) is 59.9 Å². The molecule has 0 aliphatic rings. The van der Waals surface area contributed by atoms with Crippen molar-refractivity contribution in [2.45, 2.75) is 0 Å². The van der Waals surface area contributed by atoms with Crippen molar-refractivity contribution in [2.75, 3.05) is 0 Å². The van der Waals surface area contributed by atoms with Crippen molar-refractivity contribution in [2.24, 2.45) is 0 Å². The van der Waals surface area contributed by atoms with E-state index in [2.05, 4.69) is 9.97 Å². The van der Waals surface area contributed by atoms with Crippen LogP contribution < -0.4 is 0 Å². The molecular weight excluding hydrogens is 324 g/mol. The van der Waals surface area contributed by atoms with Gasteiger partial charge in [-0.3, -0.25) is 19.6 Å². The van der Waals surface area contributed by atoms with Gasteiger partial charge < -0.3 is 0 Å². The normalized spacial score (nSPS) is 11.1. The summed E-state index contributed by atoms with van der Waals surface area (Å²) >= 11 is 0. The van der Waals surface area contributed by atoms with Gasteiger partial charge in [0.05, 0.1) is 11.4 Å². The van der Waals surface area contributed by atoms with E-state index in [9.17, 15) is 9.59 Å². The lowest BCUT2D eigenvalue weighted by Crippen LogP contribution is -1.98. The Morgan fingerprint density at radius 1 is 0.615 bits per heavy atom. The summed E-state index contributed by atoms with van der Waals surface area (Å²) in [4.78, 5) is 32.6. The number of hydrogen-bond acceptors (Lipinski definition) is 4. The van der Waals surface area contributed by atoms with E-state index in [1.807, 2.05) is 36.4 Å². The summed E-state index contributed by atoms with van der Waals surface area (Å²) in [6.07, 6.45) is 9.61. The molecule has 0 atom stereocenters. The number of hydrogen-bond donors (Lipinski definition) is 0. The number of rotatable bonds is 6. The third-order valence-electron chi connectivity index (χ3n) is 3.64. The van der Waals surface area contributed by atoms with E-state index >= 15 is 0 Å². The second kappa shape index (κ2) is 8.44. The van der Waals surface area contributed by atoms with E-state index in [4.69, 9.17) is 0 Å². The highest BCUT2D eigenvalue weighted by molar-refractivity contribution is 6.09. The van der Waals surface area contributed by atoms with Crippen LogP contribution in [0.4, 0.5) is 0 Å². The van der Waals surface area contributed by atoms with Gasteiger partial charge in [0.25, 0.3) is 0 Å². The van der Waals surface area contributed by atoms with Crippen molar-refractivity contribution < 1.29 is 9.59 Å². The maximum atomic E-state index is 12.2. The minimum absolute atomic E-state index is 0.140. The van der Waals surface area contributed by atoms with Crippen molar-refractivity contribution in [3.05, 3.63) is 108 Å². The summed E-state index contributed by atoms with van der Waals surface area (Å²) in [5, 5.41) is 0. The summed E-state index contributed by atoms with van der Waals surface area (Å²) in [6.45, 7) is 0. The van der Waals surface area contributed by atoms with Crippen LogP contribution in [0.1, 0.15) is 32.1 Å². The first kappa shape index (κ1) is 17.2. The molecule has 0 radical (unpaired) electrons. The molecule has 1 aromatic carbocycles. The highest BCUT2D eigenvalue weighted by atomic mass is 16.1. The van der Waals surface area contributed by atoms with E-state index in [0.29, 0.717) is 22.5 Å². The lowest BCUT2D eigenvalue weighted by atomic mass is 10.0. The summed E-state index contributed by atoms with van der Waals surface area (Å²) in [5.74, 6) is -0.280. The monoisotopic (exact) mass is 340 g/mol. The zero-order valence-electron chi connectivity index (χ0n) is 13.9. The van der Waals surface area contributed by atoms with E-state index in [0.717, 1.165) is 0 Å². The van der Waals surface area contributed by atoms with Gasteiger partial charge >= 0.3 is 0 Å². The van der Waals surface area contributed by atoms with Crippen LogP contribution in [0.2, 0.25) is 0 Å². The molecule has 26 heavy (non-hydrogen) atoms. The Hall–Kier alpha value is -3.66. The number of benzene rings is 1. The van der Waals surface area contributed by atoms with Gasteiger partial charge in [0.2, 0.25) is 0 Å².